The minimum atomic E-state index is 0.196. The third-order valence-corrected chi connectivity index (χ3v) is 11.2. The van der Waals surface area contributed by atoms with Crippen LogP contribution in [-0.2, 0) is 0 Å². The minimum absolute atomic E-state index is 0.196. The highest BCUT2D eigenvalue weighted by atomic mass is 32.1. The summed E-state index contributed by atoms with van der Waals surface area (Å²) in [4.78, 5) is 0. The lowest BCUT2D eigenvalue weighted by molar-refractivity contribution is -0.149. The average Bonchev–Trinajstić information content (AvgIpc) is 2.29. The summed E-state index contributed by atoms with van der Waals surface area (Å²) in [7, 11) is 0. The zero-order valence-electron chi connectivity index (χ0n) is 11.5. The van der Waals surface area contributed by atoms with Gasteiger partial charge in [-0.3, -0.25) is 0 Å². The normalized spacial score (nSPS) is 70.7. The molecule has 4 rings (SSSR count). The lowest BCUT2D eigenvalue weighted by atomic mass is 9.35. The molecule has 0 aliphatic heterocycles. The van der Waals surface area contributed by atoms with E-state index in [2.05, 4.69) is 27.7 Å². The van der Waals surface area contributed by atoms with Gasteiger partial charge in [0.1, 0.15) is 0 Å². The quantitative estimate of drug-likeness (QED) is 0.476. The van der Waals surface area contributed by atoms with Gasteiger partial charge in [0.05, 0.1) is 0 Å². The molecule has 0 N–H and O–H groups in total. The molecule has 4 bridgehead atoms. The zero-order chi connectivity index (χ0) is 13.7. The molecule has 4 aliphatic rings. The summed E-state index contributed by atoms with van der Waals surface area (Å²) in [5.74, 6) is 0. The van der Waals surface area contributed by atoms with Crippen LogP contribution in [0.25, 0.3) is 0 Å². The molecule has 0 heterocycles. The Kier molecular flexibility index (Phi) is 2.86. The molecule has 4 fully saturated rings. The Morgan fingerprint density at radius 2 is 0.722 bits per heavy atom. The summed E-state index contributed by atoms with van der Waals surface area (Å²) >= 11 is 20.1. The van der Waals surface area contributed by atoms with Gasteiger partial charge in [0.2, 0.25) is 0 Å². The third kappa shape index (κ3) is 1.24. The summed E-state index contributed by atoms with van der Waals surface area (Å²) in [5.41, 5.74) is 0.782. The molecule has 4 saturated carbocycles. The van der Waals surface area contributed by atoms with Crippen LogP contribution >= 0.6 is 50.5 Å². The fourth-order valence-electron chi connectivity index (χ4n) is 6.03. The maximum atomic E-state index is 5.02. The van der Waals surface area contributed by atoms with E-state index < -0.39 is 0 Å². The van der Waals surface area contributed by atoms with E-state index in [-0.39, 0.29) is 21.7 Å². The summed E-state index contributed by atoms with van der Waals surface area (Å²) < 4.78 is 0. The number of rotatable bonds is 0. The van der Waals surface area contributed by atoms with Crippen molar-refractivity contribution in [1.29, 1.82) is 0 Å². The second-order valence-electron chi connectivity index (χ2n) is 7.99. The van der Waals surface area contributed by atoms with Gasteiger partial charge in [0, 0.05) is 21.0 Å². The highest BCUT2D eigenvalue weighted by molar-refractivity contribution is 7.83. The molecule has 0 nitrogen and oxygen atoms in total. The molecule has 0 atom stereocenters. The monoisotopic (exact) mass is 320 g/mol. The van der Waals surface area contributed by atoms with E-state index in [1.165, 1.54) is 0 Å². The third-order valence-electron chi connectivity index (χ3n) is 6.52. The molecule has 18 heavy (non-hydrogen) atoms. The topological polar surface area (TPSA) is 0 Å². The summed E-state index contributed by atoms with van der Waals surface area (Å²) in [6.45, 7) is 9.54. The van der Waals surface area contributed by atoms with Crippen LogP contribution in [0.3, 0.4) is 0 Å². The molecular weight excluding hydrogens is 296 g/mol. The molecular formula is C14H24S4. The van der Waals surface area contributed by atoms with Crippen molar-refractivity contribution in [2.45, 2.75) is 61.5 Å². The lowest BCUT2D eigenvalue weighted by Gasteiger charge is -2.77. The van der Waals surface area contributed by atoms with E-state index in [1.54, 1.807) is 0 Å². The minimum Gasteiger partial charge on any atom is -0.175 e. The van der Waals surface area contributed by atoms with Crippen LogP contribution in [0.2, 0.25) is 0 Å². The van der Waals surface area contributed by atoms with Crippen LogP contribution in [0.15, 0.2) is 0 Å². The average molecular weight is 321 g/mol. The van der Waals surface area contributed by atoms with E-state index in [0.29, 0.717) is 21.0 Å². The molecule has 0 unspecified atom stereocenters. The van der Waals surface area contributed by atoms with E-state index in [0.717, 1.165) is 12.8 Å². The van der Waals surface area contributed by atoms with Crippen molar-refractivity contribution in [3.8, 4) is 0 Å². The van der Waals surface area contributed by atoms with Crippen LogP contribution in [0.5, 0.6) is 0 Å². The molecule has 0 amide bonds. The van der Waals surface area contributed by atoms with Crippen molar-refractivity contribution in [3.05, 3.63) is 0 Å². The second-order valence-corrected chi connectivity index (χ2v) is 10.1. The van der Waals surface area contributed by atoms with E-state index in [4.69, 9.17) is 50.5 Å². The SMILES string of the molecule is CC12CC3(C)C(S)C(C)(CC(C)(C1S)C3S)C2S. The Bertz CT molecular complexity index is 315. The van der Waals surface area contributed by atoms with Crippen molar-refractivity contribution < 1.29 is 0 Å². The number of thiol groups is 4. The standard InChI is InChI=1S/C14H24S4/c1-11-5-12(2)9(17)13(3,7(11)15)6-14(4,8(11)16)10(12)18/h7-10,15-18H,5-6H2,1-4H3. The molecule has 4 heteroatoms. The predicted octanol–water partition coefficient (Wildman–Crippen LogP) is 4.03. The van der Waals surface area contributed by atoms with Gasteiger partial charge in [0.25, 0.3) is 0 Å². The Morgan fingerprint density at radius 1 is 0.556 bits per heavy atom. The maximum Gasteiger partial charge on any atom is 0.0146 e. The van der Waals surface area contributed by atoms with Gasteiger partial charge in [-0.2, -0.15) is 50.5 Å². The van der Waals surface area contributed by atoms with Crippen molar-refractivity contribution in [2.24, 2.45) is 21.7 Å². The van der Waals surface area contributed by atoms with Crippen LogP contribution in [0.4, 0.5) is 0 Å². The summed E-state index contributed by atoms with van der Waals surface area (Å²) in [6, 6.07) is 0. The number of hydrogen-bond donors (Lipinski definition) is 4. The Balaban J connectivity index is 2.24. The first kappa shape index (κ1) is 14.3. The highest BCUT2D eigenvalue weighted by Crippen LogP contribution is 2.77. The molecule has 104 valence electrons. The Morgan fingerprint density at radius 3 is 0.889 bits per heavy atom. The van der Waals surface area contributed by atoms with Gasteiger partial charge in [-0.25, -0.2) is 0 Å². The van der Waals surface area contributed by atoms with Crippen molar-refractivity contribution >= 4 is 50.5 Å². The maximum absolute atomic E-state index is 5.02. The number of hydrogen-bond acceptors (Lipinski definition) is 4. The smallest absolute Gasteiger partial charge is 0.0146 e. The van der Waals surface area contributed by atoms with Gasteiger partial charge < -0.3 is 0 Å². The molecule has 0 saturated heterocycles. The lowest BCUT2D eigenvalue weighted by Crippen LogP contribution is -2.78. The molecule has 4 aliphatic carbocycles. The summed E-state index contributed by atoms with van der Waals surface area (Å²) in [5, 5.41) is 1.54. The van der Waals surface area contributed by atoms with Gasteiger partial charge in [-0.05, 0) is 34.5 Å². The van der Waals surface area contributed by atoms with Crippen LogP contribution < -0.4 is 0 Å². The fraction of sp³-hybridized carbons (Fsp3) is 1.00. The van der Waals surface area contributed by atoms with E-state index in [1.807, 2.05) is 0 Å². The largest absolute Gasteiger partial charge is 0.175 e. The van der Waals surface area contributed by atoms with Gasteiger partial charge >= 0.3 is 0 Å². The van der Waals surface area contributed by atoms with Crippen LogP contribution in [-0.4, -0.2) is 21.0 Å². The Hall–Kier alpha value is 1.40. The van der Waals surface area contributed by atoms with Crippen LogP contribution in [0.1, 0.15) is 40.5 Å². The first-order chi connectivity index (χ1) is 8.03. The molecule has 0 spiro atoms. The first-order valence-electron chi connectivity index (χ1n) is 6.76. The predicted molar refractivity (Wildman–Crippen MR) is 92.8 cm³/mol. The molecule has 0 aromatic rings. The Labute approximate surface area is 133 Å². The van der Waals surface area contributed by atoms with Crippen molar-refractivity contribution in [1.82, 2.24) is 0 Å². The van der Waals surface area contributed by atoms with Crippen molar-refractivity contribution in [2.75, 3.05) is 0 Å². The van der Waals surface area contributed by atoms with E-state index in [9.17, 15) is 0 Å². The van der Waals surface area contributed by atoms with Gasteiger partial charge in [-0.1, -0.05) is 27.7 Å². The zero-order valence-corrected chi connectivity index (χ0v) is 15.1. The highest BCUT2D eigenvalue weighted by Gasteiger charge is 2.76. The molecule has 0 radical (unpaired) electrons. The molecule has 0 aromatic carbocycles. The second kappa shape index (κ2) is 3.59. The fourth-order valence-corrected chi connectivity index (χ4v) is 8.42. The van der Waals surface area contributed by atoms with Gasteiger partial charge in [-0.15, -0.1) is 0 Å². The van der Waals surface area contributed by atoms with Crippen LogP contribution in [0, 0.1) is 21.7 Å². The summed E-state index contributed by atoms with van der Waals surface area (Å²) in [6.07, 6.45) is 2.30. The first-order valence-corrected chi connectivity index (χ1v) is 8.82. The van der Waals surface area contributed by atoms with Crippen molar-refractivity contribution in [3.63, 3.8) is 0 Å². The van der Waals surface area contributed by atoms with Gasteiger partial charge in [0.15, 0.2) is 0 Å². The molecule has 0 aromatic heterocycles. The van der Waals surface area contributed by atoms with E-state index >= 15 is 0 Å².